The molecule has 4 nitrogen and oxygen atoms in total. The molecule has 0 aliphatic heterocycles. The van der Waals surface area contributed by atoms with Crippen LogP contribution in [0.25, 0.3) is 22.0 Å². The highest BCUT2D eigenvalue weighted by Crippen LogP contribution is 2.41. The summed E-state index contributed by atoms with van der Waals surface area (Å²) in [6, 6.07) is 17.2. The van der Waals surface area contributed by atoms with E-state index in [1.54, 1.807) is 36.4 Å². The maximum Gasteiger partial charge on any atom is 0.418 e. The second kappa shape index (κ2) is 8.76. The molecule has 1 aromatic heterocycles. The fourth-order valence-electron chi connectivity index (χ4n) is 3.83. The maximum absolute atomic E-state index is 13.6. The Kier molecular flexibility index (Phi) is 6.12. The van der Waals surface area contributed by atoms with Crippen LogP contribution in [0.2, 0.25) is 0 Å². The van der Waals surface area contributed by atoms with Crippen molar-refractivity contribution in [2.45, 2.75) is 30.8 Å². The minimum atomic E-state index is -4.52. The van der Waals surface area contributed by atoms with Crippen LogP contribution in [0, 0.1) is 0 Å². The molecule has 3 aromatic carbocycles. The third-order valence-corrected chi connectivity index (χ3v) is 6.59. The first-order valence-corrected chi connectivity index (χ1v) is 12.4. The van der Waals surface area contributed by atoms with Crippen molar-refractivity contribution >= 4 is 20.7 Å². The molecule has 8 heteroatoms. The van der Waals surface area contributed by atoms with Gasteiger partial charge in [-0.1, -0.05) is 38.1 Å². The van der Waals surface area contributed by atoms with Crippen LogP contribution in [0.1, 0.15) is 30.9 Å². The molecule has 4 aromatic rings. The van der Waals surface area contributed by atoms with E-state index in [4.69, 9.17) is 4.74 Å². The third-order valence-electron chi connectivity index (χ3n) is 5.46. The van der Waals surface area contributed by atoms with Crippen LogP contribution >= 0.6 is 0 Å². The Morgan fingerprint density at radius 3 is 2.21 bits per heavy atom. The summed E-state index contributed by atoms with van der Waals surface area (Å²) >= 11 is 0. The normalized spacial score (nSPS) is 12.3. The number of sulfone groups is 1. The van der Waals surface area contributed by atoms with E-state index in [0.29, 0.717) is 28.0 Å². The van der Waals surface area contributed by atoms with E-state index in [-0.39, 0.29) is 16.3 Å². The SMILES string of the molecule is CC(C)c1cnc2c(C(F)(F)F)cccc2c1-c1cccc(Oc2ccc(S(C)(=O)=O)cc2)c1. The Labute approximate surface area is 196 Å². The smallest absolute Gasteiger partial charge is 0.418 e. The van der Waals surface area contributed by atoms with Crippen molar-refractivity contribution < 1.29 is 26.3 Å². The summed E-state index contributed by atoms with van der Waals surface area (Å²) < 4.78 is 70.1. The summed E-state index contributed by atoms with van der Waals surface area (Å²) in [6.07, 6.45) is -1.89. The standard InChI is InChI=1S/C26H22F3NO3S/c1-16(2)22-15-30-25-21(8-5-9-23(25)26(27,28)29)24(22)17-6-4-7-19(14-17)33-18-10-12-20(13-11-18)34(3,31)32/h4-16H,1-3H3. The number of aromatic nitrogens is 1. The van der Waals surface area contributed by atoms with Crippen LogP contribution in [0.5, 0.6) is 11.5 Å². The molecule has 1 heterocycles. The van der Waals surface area contributed by atoms with E-state index in [2.05, 4.69) is 4.98 Å². The second-order valence-electron chi connectivity index (χ2n) is 8.32. The van der Waals surface area contributed by atoms with Gasteiger partial charge in [0.2, 0.25) is 0 Å². The van der Waals surface area contributed by atoms with Crippen molar-refractivity contribution in [3.8, 4) is 22.6 Å². The Balaban J connectivity index is 1.82. The molecule has 0 bridgehead atoms. The lowest BCUT2D eigenvalue weighted by molar-refractivity contribution is -0.136. The van der Waals surface area contributed by atoms with Crippen LogP contribution in [-0.2, 0) is 16.0 Å². The highest BCUT2D eigenvalue weighted by molar-refractivity contribution is 7.90. The molecular weight excluding hydrogens is 463 g/mol. The summed E-state index contributed by atoms with van der Waals surface area (Å²) in [5.41, 5.74) is 1.31. The van der Waals surface area contributed by atoms with Gasteiger partial charge in [0.05, 0.1) is 16.0 Å². The van der Waals surface area contributed by atoms with E-state index in [0.717, 1.165) is 17.9 Å². The first kappa shape index (κ1) is 23.8. The molecule has 0 N–H and O–H groups in total. The molecule has 4 rings (SSSR count). The lowest BCUT2D eigenvalue weighted by atomic mass is 9.90. The zero-order valence-electron chi connectivity index (χ0n) is 18.7. The zero-order valence-corrected chi connectivity index (χ0v) is 19.5. The summed E-state index contributed by atoms with van der Waals surface area (Å²) in [5.74, 6) is 0.929. The molecule has 0 atom stereocenters. The quantitative estimate of drug-likeness (QED) is 0.299. The van der Waals surface area contributed by atoms with Gasteiger partial charge >= 0.3 is 6.18 Å². The van der Waals surface area contributed by atoms with Crippen molar-refractivity contribution in [3.63, 3.8) is 0 Å². The number of hydrogen-bond acceptors (Lipinski definition) is 4. The van der Waals surface area contributed by atoms with E-state index >= 15 is 0 Å². The number of ether oxygens (including phenoxy) is 1. The molecule has 0 unspecified atom stereocenters. The molecule has 0 aliphatic rings. The number of benzene rings is 3. The second-order valence-corrected chi connectivity index (χ2v) is 10.3. The predicted molar refractivity (Wildman–Crippen MR) is 126 cm³/mol. The molecule has 0 fully saturated rings. The average Bonchev–Trinajstić information content (AvgIpc) is 2.77. The number of pyridine rings is 1. The fourth-order valence-corrected chi connectivity index (χ4v) is 4.46. The van der Waals surface area contributed by atoms with Gasteiger partial charge in [0.1, 0.15) is 11.5 Å². The summed E-state index contributed by atoms with van der Waals surface area (Å²) in [6.45, 7) is 3.92. The van der Waals surface area contributed by atoms with Gasteiger partial charge in [0, 0.05) is 17.8 Å². The van der Waals surface area contributed by atoms with E-state index in [1.165, 1.54) is 24.4 Å². The van der Waals surface area contributed by atoms with Gasteiger partial charge in [-0.05, 0) is 65.1 Å². The van der Waals surface area contributed by atoms with Gasteiger partial charge in [-0.25, -0.2) is 8.42 Å². The van der Waals surface area contributed by atoms with Gasteiger partial charge in [0.15, 0.2) is 9.84 Å². The highest BCUT2D eigenvalue weighted by Gasteiger charge is 2.33. The van der Waals surface area contributed by atoms with Crippen molar-refractivity contribution in [1.29, 1.82) is 0 Å². The summed E-state index contributed by atoms with van der Waals surface area (Å²) in [7, 11) is -3.32. The van der Waals surface area contributed by atoms with Crippen molar-refractivity contribution in [2.24, 2.45) is 0 Å². The van der Waals surface area contributed by atoms with E-state index < -0.39 is 21.6 Å². The van der Waals surface area contributed by atoms with Crippen LogP contribution in [-0.4, -0.2) is 19.7 Å². The molecular formula is C26H22F3NO3S. The topological polar surface area (TPSA) is 56.3 Å². The number of hydrogen-bond donors (Lipinski definition) is 0. The molecule has 0 spiro atoms. The summed E-state index contributed by atoms with van der Waals surface area (Å²) in [5, 5.41) is 0.413. The molecule has 0 amide bonds. The van der Waals surface area contributed by atoms with Crippen LogP contribution in [0.15, 0.2) is 77.8 Å². The van der Waals surface area contributed by atoms with E-state index in [9.17, 15) is 21.6 Å². The minimum Gasteiger partial charge on any atom is -0.457 e. The largest absolute Gasteiger partial charge is 0.457 e. The van der Waals surface area contributed by atoms with Crippen LogP contribution in [0.3, 0.4) is 0 Å². The first-order valence-electron chi connectivity index (χ1n) is 10.5. The zero-order chi connectivity index (χ0) is 24.7. The minimum absolute atomic E-state index is 0.0227. The first-order chi connectivity index (χ1) is 15.9. The van der Waals surface area contributed by atoms with Crippen molar-refractivity contribution in [3.05, 3.63) is 84.1 Å². The lowest BCUT2D eigenvalue weighted by Gasteiger charge is -2.18. The third kappa shape index (κ3) is 4.77. The van der Waals surface area contributed by atoms with Gasteiger partial charge in [0.25, 0.3) is 0 Å². The number of halogens is 3. The molecule has 0 saturated heterocycles. The van der Waals surface area contributed by atoms with E-state index in [1.807, 2.05) is 19.9 Å². The van der Waals surface area contributed by atoms with Gasteiger partial charge in [-0.3, -0.25) is 4.98 Å². The van der Waals surface area contributed by atoms with Crippen LogP contribution in [0.4, 0.5) is 13.2 Å². The van der Waals surface area contributed by atoms with Gasteiger partial charge in [-0.15, -0.1) is 0 Å². The molecule has 34 heavy (non-hydrogen) atoms. The molecule has 0 radical (unpaired) electrons. The van der Waals surface area contributed by atoms with Crippen molar-refractivity contribution in [1.82, 2.24) is 4.98 Å². The van der Waals surface area contributed by atoms with Crippen LogP contribution < -0.4 is 4.74 Å². The number of para-hydroxylation sites is 1. The Morgan fingerprint density at radius 1 is 0.912 bits per heavy atom. The Morgan fingerprint density at radius 2 is 1.59 bits per heavy atom. The predicted octanol–water partition coefficient (Wildman–Crippen LogP) is 7.24. The van der Waals surface area contributed by atoms with Gasteiger partial charge in [-0.2, -0.15) is 13.2 Å². The Hall–Kier alpha value is -3.39. The van der Waals surface area contributed by atoms with Crippen molar-refractivity contribution in [2.75, 3.05) is 6.26 Å². The number of fused-ring (bicyclic) bond motifs is 1. The maximum atomic E-state index is 13.6. The fraction of sp³-hybridized carbons (Fsp3) is 0.192. The molecule has 176 valence electrons. The molecule has 0 aliphatic carbocycles. The number of alkyl halides is 3. The number of rotatable bonds is 5. The Bertz CT molecular complexity index is 1460. The lowest BCUT2D eigenvalue weighted by Crippen LogP contribution is -2.07. The highest BCUT2D eigenvalue weighted by atomic mass is 32.2. The monoisotopic (exact) mass is 485 g/mol. The average molecular weight is 486 g/mol. The van der Waals surface area contributed by atoms with Gasteiger partial charge < -0.3 is 4.74 Å². The summed E-state index contributed by atoms with van der Waals surface area (Å²) in [4.78, 5) is 4.35. The molecule has 0 saturated carbocycles. The number of nitrogens with zero attached hydrogens (tertiary/aromatic N) is 1.